The summed E-state index contributed by atoms with van der Waals surface area (Å²) >= 11 is 0. The van der Waals surface area contributed by atoms with E-state index in [1.54, 1.807) is 21.1 Å². The molecule has 10 nitrogen and oxygen atoms in total. The summed E-state index contributed by atoms with van der Waals surface area (Å²) in [7, 11) is 1.18. The minimum Gasteiger partial charge on any atom is -0.273 e. The summed E-state index contributed by atoms with van der Waals surface area (Å²) in [6.45, 7) is 2.75. The second kappa shape index (κ2) is 9.64. The molecule has 0 saturated carbocycles. The van der Waals surface area contributed by atoms with Crippen LogP contribution in [-0.2, 0) is 0 Å². The van der Waals surface area contributed by atoms with Gasteiger partial charge in [-0.3, -0.25) is 41.2 Å². The molecule has 22 heavy (non-hydrogen) atoms. The first-order valence-electron chi connectivity index (χ1n) is 7.06. The molecule has 0 spiro atoms. The molecular formula is C9H33N10P3. The van der Waals surface area contributed by atoms with Gasteiger partial charge in [-0.2, -0.15) is 9.03 Å². The summed E-state index contributed by atoms with van der Waals surface area (Å²) < 4.78 is 15.5. The monoisotopic (exact) mass is 374 g/mol. The van der Waals surface area contributed by atoms with Gasteiger partial charge < -0.3 is 0 Å². The molecule has 134 valence electrons. The predicted octanol–water partition coefficient (Wildman–Crippen LogP) is 1.72. The summed E-state index contributed by atoms with van der Waals surface area (Å²) in [5.74, 6) is 0. The van der Waals surface area contributed by atoms with Gasteiger partial charge in [-0.25, -0.2) is 0 Å². The molecule has 0 saturated heterocycles. The first-order valence-corrected chi connectivity index (χ1v) is 12.4. The normalized spacial score (nSPS) is 19.9. The highest BCUT2D eigenvalue weighted by Crippen LogP contribution is 2.57. The average molecular weight is 374 g/mol. The Morgan fingerprint density at radius 3 is 1.82 bits per heavy atom. The third kappa shape index (κ3) is 6.89. The van der Waals surface area contributed by atoms with E-state index in [-0.39, 0.29) is 0 Å². The van der Waals surface area contributed by atoms with Crippen LogP contribution >= 0.6 is 22.5 Å². The zero-order chi connectivity index (χ0) is 17.4. The number of nitrogens with two attached hydrogens (primary N) is 3. The number of hydrogen-bond donors (Lipinski definition) is 6. The van der Waals surface area contributed by atoms with Crippen LogP contribution in [0.5, 0.6) is 0 Å². The van der Waals surface area contributed by atoms with E-state index >= 15 is 0 Å². The Bertz CT molecular complexity index is 500. The van der Waals surface area contributed by atoms with E-state index in [0.29, 0.717) is 6.54 Å². The zero-order valence-electron chi connectivity index (χ0n) is 14.5. The fourth-order valence-corrected chi connectivity index (χ4v) is 8.45. The fourth-order valence-electron chi connectivity index (χ4n) is 1.37. The van der Waals surface area contributed by atoms with Gasteiger partial charge in [0.2, 0.25) is 15.0 Å². The molecular weight excluding hydrogens is 341 g/mol. The lowest BCUT2D eigenvalue weighted by atomic mass is 10.3. The van der Waals surface area contributed by atoms with Gasteiger partial charge in [0.15, 0.2) is 7.51 Å². The third-order valence-electron chi connectivity index (χ3n) is 2.97. The van der Waals surface area contributed by atoms with Crippen LogP contribution in [0.2, 0.25) is 0 Å². The Balaban J connectivity index is 5.98. The van der Waals surface area contributed by atoms with Crippen molar-refractivity contribution in [3.63, 3.8) is 0 Å². The highest BCUT2D eigenvalue weighted by Gasteiger charge is 2.23. The lowest BCUT2D eigenvalue weighted by Crippen LogP contribution is -2.26. The van der Waals surface area contributed by atoms with Gasteiger partial charge in [-0.05, 0) is 41.7 Å². The second-order valence-corrected chi connectivity index (χ2v) is 12.6. The zero-order valence-corrected chi connectivity index (χ0v) is 17.2. The smallest absolute Gasteiger partial charge is 0.212 e. The van der Waals surface area contributed by atoms with Crippen molar-refractivity contribution in [1.29, 1.82) is 0 Å². The van der Waals surface area contributed by atoms with E-state index in [1.807, 2.05) is 18.8 Å². The Morgan fingerprint density at radius 2 is 1.45 bits per heavy atom. The average Bonchev–Trinajstić information content (AvgIpc) is 2.47. The molecule has 9 N–H and O–H groups in total. The van der Waals surface area contributed by atoms with Crippen LogP contribution in [0.25, 0.3) is 0 Å². The quantitative estimate of drug-likeness (QED) is 0.265. The van der Waals surface area contributed by atoms with Crippen LogP contribution in [0.1, 0.15) is 19.8 Å². The second-order valence-electron chi connectivity index (χ2n) is 4.86. The molecule has 0 fully saturated rings. The van der Waals surface area contributed by atoms with Gasteiger partial charge in [-0.1, -0.05) is 13.3 Å². The van der Waals surface area contributed by atoms with Crippen molar-refractivity contribution in [2.75, 3.05) is 41.8 Å². The molecule has 3 atom stereocenters. The summed E-state index contributed by atoms with van der Waals surface area (Å²) in [4.78, 5) is 0. The number of nitrogens with one attached hydrogen (secondary N) is 3. The molecule has 0 heterocycles. The van der Waals surface area contributed by atoms with Crippen LogP contribution in [0.15, 0.2) is 13.8 Å². The standard InChI is InChI=1S/C9H33N10P3/c1-7-8-9-16-20(10,13-2)17-21(11,14-3)18-22(12,15-4)19(5)6/h13-15H,7-12H2,1-6H3. The molecule has 0 aliphatic carbocycles. The van der Waals surface area contributed by atoms with E-state index in [1.165, 1.54) is 0 Å². The van der Waals surface area contributed by atoms with Gasteiger partial charge in [0, 0.05) is 6.54 Å². The summed E-state index contributed by atoms with van der Waals surface area (Å²) in [6, 6.07) is 0. The maximum atomic E-state index is 6.36. The van der Waals surface area contributed by atoms with Gasteiger partial charge in [-0.15, -0.1) is 0 Å². The molecule has 0 aromatic carbocycles. The summed E-state index contributed by atoms with van der Waals surface area (Å²) in [5, 5.41) is 9.03. The molecule has 0 aromatic rings. The molecule has 0 amide bonds. The van der Waals surface area contributed by atoms with E-state index in [0.717, 1.165) is 12.8 Å². The molecule has 13 heteroatoms. The van der Waals surface area contributed by atoms with Crippen molar-refractivity contribution < 1.29 is 0 Å². The Labute approximate surface area is 135 Å². The minimum atomic E-state index is -2.74. The minimum absolute atomic E-state index is 0.650. The molecule has 0 aromatic heterocycles. The Morgan fingerprint density at radius 1 is 0.909 bits per heavy atom. The van der Waals surface area contributed by atoms with E-state index in [2.05, 4.69) is 36.0 Å². The predicted molar refractivity (Wildman–Crippen MR) is 101 cm³/mol. The fraction of sp³-hybridized carbons (Fsp3) is 1.00. The SMILES string of the molecule is CCCCN=P(N)(N=P(N)(N=P(N)(NC)N(C)C)NC)NC. The van der Waals surface area contributed by atoms with Crippen molar-refractivity contribution in [2.45, 2.75) is 19.8 Å². The van der Waals surface area contributed by atoms with Crippen LogP contribution in [0, 0.1) is 0 Å². The van der Waals surface area contributed by atoms with Crippen LogP contribution in [-0.4, -0.2) is 46.5 Å². The molecule has 3 unspecified atom stereocenters. The van der Waals surface area contributed by atoms with Crippen molar-refractivity contribution in [3.05, 3.63) is 0 Å². The van der Waals surface area contributed by atoms with Crippen molar-refractivity contribution in [1.82, 2.24) is 19.9 Å². The number of rotatable bonds is 9. The summed E-state index contributed by atoms with van der Waals surface area (Å²) in [5.41, 5.74) is 19.0. The van der Waals surface area contributed by atoms with Gasteiger partial charge in [0.1, 0.15) is 0 Å². The molecule has 0 aliphatic rings. The van der Waals surface area contributed by atoms with Crippen LogP contribution < -0.4 is 31.8 Å². The van der Waals surface area contributed by atoms with Gasteiger partial charge >= 0.3 is 0 Å². The number of nitrogens with zero attached hydrogens (tertiary/aromatic N) is 4. The first kappa shape index (κ1) is 22.4. The number of unbranched alkanes of at least 4 members (excludes halogenated alkanes) is 1. The summed E-state index contributed by atoms with van der Waals surface area (Å²) in [6.07, 6.45) is 2.01. The van der Waals surface area contributed by atoms with E-state index in [9.17, 15) is 0 Å². The topological polar surface area (TPSA) is 154 Å². The lowest BCUT2D eigenvalue weighted by molar-refractivity contribution is 0.656. The van der Waals surface area contributed by atoms with E-state index < -0.39 is 22.5 Å². The number of hydrogen-bond acceptors (Lipinski definition) is 1. The highest BCUT2D eigenvalue weighted by atomic mass is 31.2. The Kier molecular flexibility index (Phi) is 9.82. The maximum absolute atomic E-state index is 6.36. The lowest BCUT2D eigenvalue weighted by Gasteiger charge is -2.29. The van der Waals surface area contributed by atoms with Crippen molar-refractivity contribution in [3.8, 4) is 0 Å². The highest BCUT2D eigenvalue weighted by molar-refractivity contribution is 7.76. The largest absolute Gasteiger partial charge is 0.273 e. The molecule has 0 bridgehead atoms. The molecule has 0 rings (SSSR count). The first-order chi connectivity index (χ1) is 10.1. The van der Waals surface area contributed by atoms with Gasteiger partial charge in [0.05, 0.1) is 0 Å². The Hall–Kier alpha value is 0.410. The molecule has 0 aliphatic heterocycles. The van der Waals surface area contributed by atoms with E-state index in [4.69, 9.17) is 16.5 Å². The van der Waals surface area contributed by atoms with Crippen LogP contribution in [0.3, 0.4) is 0 Å². The maximum Gasteiger partial charge on any atom is 0.212 e. The van der Waals surface area contributed by atoms with Crippen molar-refractivity contribution >= 4 is 22.5 Å². The van der Waals surface area contributed by atoms with Crippen LogP contribution in [0.4, 0.5) is 0 Å². The van der Waals surface area contributed by atoms with Crippen molar-refractivity contribution in [2.24, 2.45) is 30.3 Å². The molecule has 0 radical (unpaired) electrons. The van der Waals surface area contributed by atoms with Gasteiger partial charge in [0.25, 0.3) is 0 Å². The third-order valence-corrected chi connectivity index (χ3v) is 11.2.